The van der Waals surface area contributed by atoms with Crippen LogP contribution in [0.4, 0.5) is 5.69 Å². The van der Waals surface area contributed by atoms with Crippen LogP contribution in [-0.2, 0) is 15.9 Å². The molecule has 1 unspecified atom stereocenters. The average Bonchev–Trinajstić information content (AvgIpc) is 2.58. The number of aliphatic hydroxyl groups is 1. The van der Waals surface area contributed by atoms with E-state index in [2.05, 4.69) is 0 Å². The lowest BCUT2D eigenvalue weighted by Gasteiger charge is -2.20. The van der Waals surface area contributed by atoms with Crippen molar-refractivity contribution in [3.05, 3.63) is 21.7 Å². The van der Waals surface area contributed by atoms with Crippen LogP contribution in [0.5, 0.6) is 17.2 Å². The number of benzene rings is 1. The van der Waals surface area contributed by atoms with Crippen molar-refractivity contribution in [1.82, 2.24) is 0 Å². The minimum absolute atomic E-state index is 0.0105. The molecule has 0 aromatic heterocycles. The van der Waals surface area contributed by atoms with Crippen LogP contribution in [-0.4, -0.2) is 51.0 Å². The van der Waals surface area contributed by atoms with E-state index in [1.807, 2.05) is 6.92 Å². The zero-order valence-electron chi connectivity index (χ0n) is 14.9. The SMILES string of the molecule is CCCC(O)Cc1c(OC)c(OCOC)cc([N+](=O)[O-])c1OCOC. The summed E-state index contributed by atoms with van der Waals surface area (Å²) in [6, 6.07) is 1.21. The maximum atomic E-state index is 11.5. The van der Waals surface area contributed by atoms with Crippen molar-refractivity contribution in [1.29, 1.82) is 0 Å². The highest BCUT2D eigenvalue weighted by atomic mass is 16.7. The summed E-state index contributed by atoms with van der Waals surface area (Å²) in [7, 11) is 4.25. The highest BCUT2D eigenvalue weighted by molar-refractivity contribution is 5.64. The third kappa shape index (κ3) is 5.73. The van der Waals surface area contributed by atoms with Gasteiger partial charge in [0.05, 0.1) is 24.2 Å². The van der Waals surface area contributed by atoms with Crippen molar-refractivity contribution in [2.24, 2.45) is 0 Å². The minimum atomic E-state index is -0.707. The van der Waals surface area contributed by atoms with Gasteiger partial charge in [0, 0.05) is 26.2 Å². The molecule has 1 atom stereocenters. The first-order chi connectivity index (χ1) is 12.0. The smallest absolute Gasteiger partial charge is 0.315 e. The quantitative estimate of drug-likeness (QED) is 0.344. The normalized spacial score (nSPS) is 11.9. The molecule has 0 radical (unpaired) electrons. The zero-order chi connectivity index (χ0) is 18.8. The van der Waals surface area contributed by atoms with Crippen molar-refractivity contribution in [3.8, 4) is 17.2 Å². The zero-order valence-corrected chi connectivity index (χ0v) is 14.9. The molecule has 0 fully saturated rings. The van der Waals surface area contributed by atoms with Crippen LogP contribution in [0.25, 0.3) is 0 Å². The van der Waals surface area contributed by atoms with Crippen LogP contribution in [0.15, 0.2) is 6.07 Å². The first-order valence-electron chi connectivity index (χ1n) is 7.79. The number of ether oxygens (including phenoxy) is 5. The van der Waals surface area contributed by atoms with Gasteiger partial charge < -0.3 is 28.8 Å². The molecule has 0 aliphatic rings. The predicted molar refractivity (Wildman–Crippen MR) is 89.3 cm³/mol. The summed E-state index contributed by atoms with van der Waals surface area (Å²) in [5, 5.41) is 21.7. The molecule has 0 aliphatic heterocycles. The fraction of sp³-hybridized carbons (Fsp3) is 0.625. The lowest BCUT2D eigenvalue weighted by Crippen LogP contribution is -2.15. The minimum Gasteiger partial charge on any atom is -0.492 e. The molecular weight excluding hydrogens is 334 g/mol. The Morgan fingerprint density at radius 2 is 1.80 bits per heavy atom. The monoisotopic (exact) mass is 359 g/mol. The Labute approximate surface area is 146 Å². The predicted octanol–water partition coefficient (Wildman–Crippen LogP) is 2.27. The third-order valence-corrected chi connectivity index (χ3v) is 3.39. The molecule has 25 heavy (non-hydrogen) atoms. The van der Waals surface area contributed by atoms with Crippen molar-refractivity contribution in [3.63, 3.8) is 0 Å². The van der Waals surface area contributed by atoms with Crippen LogP contribution in [0.2, 0.25) is 0 Å². The number of nitro benzene ring substituents is 1. The largest absolute Gasteiger partial charge is 0.492 e. The van der Waals surface area contributed by atoms with E-state index in [9.17, 15) is 15.2 Å². The summed E-state index contributed by atoms with van der Waals surface area (Å²) in [5.74, 6) is 0.382. The number of nitrogens with zero attached hydrogens (tertiary/aromatic N) is 1. The standard InChI is InChI=1S/C16H25NO8/c1-5-6-11(18)7-12-15(25-10-22-3)13(17(19)20)8-14(16(12)23-4)24-9-21-2/h8,11,18H,5-7,9-10H2,1-4H3. The van der Waals surface area contributed by atoms with Crippen molar-refractivity contribution >= 4 is 5.69 Å². The molecule has 0 spiro atoms. The number of aliphatic hydroxyl groups excluding tert-OH is 1. The van der Waals surface area contributed by atoms with Crippen LogP contribution in [0.3, 0.4) is 0 Å². The summed E-state index contributed by atoms with van der Waals surface area (Å²) >= 11 is 0. The summed E-state index contributed by atoms with van der Waals surface area (Å²) < 4.78 is 25.9. The van der Waals surface area contributed by atoms with Gasteiger partial charge in [-0.2, -0.15) is 0 Å². The van der Waals surface area contributed by atoms with E-state index in [1.54, 1.807) is 0 Å². The van der Waals surface area contributed by atoms with Gasteiger partial charge in [0.25, 0.3) is 0 Å². The fourth-order valence-electron chi connectivity index (χ4n) is 2.39. The molecule has 1 rings (SSSR count). The molecule has 0 saturated heterocycles. The van der Waals surface area contributed by atoms with Gasteiger partial charge in [0.1, 0.15) is 0 Å². The first-order valence-corrected chi connectivity index (χ1v) is 7.79. The number of nitro groups is 1. The summed E-state index contributed by atoms with van der Waals surface area (Å²) in [6.07, 6.45) is 0.700. The number of methoxy groups -OCH3 is 3. The van der Waals surface area contributed by atoms with Gasteiger partial charge in [-0.05, 0) is 6.42 Å². The van der Waals surface area contributed by atoms with Crippen molar-refractivity contribution in [2.75, 3.05) is 34.9 Å². The van der Waals surface area contributed by atoms with Crippen molar-refractivity contribution < 1.29 is 33.7 Å². The van der Waals surface area contributed by atoms with Crippen LogP contribution in [0.1, 0.15) is 25.3 Å². The van der Waals surface area contributed by atoms with Crippen LogP contribution >= 0.6 is 0 Å². The molecular formula is C16H25NO8. The van der Waals surface area contributed by atoms with Gasteiger partial charge in [-0.15, -0.1) is 0 Å². The van der Waals surface area contributed by atoms with Gasteiger partial charge in [-0.25, -0.2) is 0 Å². The van der Waals surface area contributed by atoms with Crippen LogP contribution < -0.4 is 14.2 Å². The molecule has 0 saturated carbocycles. The molecule has 9 heteroatoms. The molecule has 1 aromatic carbocycles. The average molecular weight is 359 g/mol. The second-order valence-electron chi connectivity index (χ2n) is 5.24. The lowest BCUT2D eigenvalue weighted by atomic mass is 10.0. The van der Waals surface area contributed by atoms with Gasteiger partial charge >= 0.3 is 5.69 Å². The maximum absolute atomic E-state index is 11.5. The van der Waals surface area contributed by atoms with E-state index in [0.717, 1.165) is 6.42 Å². The van der Waals surface area contributed by atoms with E-state index in [-0.39, 0.29) is 42.9 Å². The third-order valence-electron chi connectivity index (χ3n) is 3.39. The van der Waals surface area contributed by atoms with E-state index < -0.39 is 11.0 Å². The van der Waals surface area contributed by atoms with E-state index in [1.165, 1.54) is 27.4 Å². The summed E-state index contributed by atoms with van der Waals surface area (Å²) in [5.41, 5.74) is 0.0449. The molecule has 0 bridgehead atoms. The molecule has 0 aliphatic carbocycles. The Morgan fingerprint density at radius 1 is 1.16 bits per heavy atom. The van der Waals surface area contributed by atoms with Gasteiger partial charge in [0.15, 0.2) is 25.1 Å². The van der Waals surface area contributed by atoms with E-state index >= 15 is 0 Å². The van der Waals surface area contributed by atoms with Gasteiger partial charge in [-0.3, -0.25) is 10.1 Å². The second-order valence-corrected chi connectivity index (χ2v) is 5.24. The maximum Gasteiger partial charge on any atom is 0.315 e. The molecule has 0 amide bonds. The molecule has 142 valence electrons. The van der Waals surface area contributed by atoms with E-state index in [4.69, 9.17) is 23.7 Å². The Kier molecular flexibility index (Phi) is 8.96. The Morgan fingerprint density at radius 3 is 2.32 bits per heavy atom. The van der Waals surface area contributed by atoms with Gasteiger partial charge in [0.2, 0.25) is 5.75 Å². The molecule has 9 nitrogen and oxygen atoms in total. The number of hydrogen-bond donors (Lipinski definition) is 1. The Balaban J connectivity index is 3.48. The van der Waals surface area contributed by atoms with Gasteiger partial charge in [-0.1, -0.05) is 13.3 Å². The fourth-order valence-corrected chi connectivity index (χ4v) is 2.39. The van der Waals surface area contributed by atoms with E-state index in [0.29, 0.717) is 12.0 Å². The first kappa shape index (κ1) is 20.9. The Bertz CT molecular complexity index is 564. The molecule has 0 heterocycles. The Hall–Kier alpha value is -2.10. The molecule has 1 aromatic rings. The second kappa shape index (κ2) is 10.7. The summed E-state index contributed by atoms with van der Waals surface area (Å²) in [4.78, 5) is 10.9. The highest BCUT2D eigenvalue weighted by Gasteiger charge is 2.29. The molecule has 1 N–H and O–H groups in total. The number of rotatable bonds is 12. The van der Waals surface area contributed by atoms with Crippen LogP contribution in [0, 0.1) is 10.1 Å². The topological polar surface area (TPSA) is 110 Å². The lowest BCUT2D eigenvalue weighted by molar-refractivity contribution is -0.386. The summed E-state index contributed by atoms with van der Waals surface area (Å²) in [6.45, 7) is 1.64. The number of hydrogen-bond acceptors (Lipinski definition) is 8. The highest BCUT2D eigenvalue weighted by Crippen LogP contribution is 2.45. The van der Waals surface area contributed by atoms with Crippen molar-refractivity contribution in [2.45, 2.75) is 32.3 Å².